The molecule has 8 nitrogen and oxygen atoms in total. The molecule has 0 bridgehead atoms. The lowest BCUT2D eigenvalue weighted by molar-refractivity contribution is 0.949. The van der Waals surface area contributed by atoms with Gasteiger partial charge in [-0.15, -0.1) is 10.2 Å². The first-order valence-corrected chi connectivity index (χ1v) is 10.1. The van der Waals surface area contributed by atoms with Gasteiger partial charge in [-0.25, -0.2) is 0 Å². The normalized spacial score (nSPS) is 11.3. The number of benzene rings is 2. The van der Waals surface area contributed by atoms with Crippen LogP contribution in [0.3, 0.4) is 0 Å². The molecule has 0 saturated heterocycles. The third kappa shape index (κ3) is 2.80. The lowest BCUT2D eigenvalue weighted by atomic mass is 10.1. The van der Waals surface area contributed by atoms with Crippen molar-refractivity contribution >= 4 is 16.3 Å². The van der Waals surface area contributed by atoms with Crippen LogP contribution < -0.4 is 0 Å². The van der Waals surface area contributed by atoms with Gasteiger partial charge in [-0.1, -0.05) is 72.0 Å². The molecule has 0 saturated carbocycles. The van der Waals surface area contributed by atoms with E-state index in [-0.39, 0.29) is 0 Å². The molecule has 6 rings (SSSR count). The van der Waals surface area contributed by atoms with Crippen LogP contribution >= 0.6 is 11.3 Å². The Morgan fingerprint density at radius 1 is 0.700 bits per heavy atom. The Kier molecular flexibility index (Phi) is 3.78. The van der Waals surface area contributed by atoms with Crippen molar-refractivity contribution in [2.75, 3.05) is 0 Å². The third-order valence-corrected chi connectivity index (χ3v) is 5.69. The molecule has 2 aromatic carbocycles. The van der Waals surface area contributed by atoms with Crippen molar-refractivity contribution in [1.29, 1.82) is 0 Å². The Morgan fingerprint density at radius 3 is 1.97 bits per heavy atom. The van der Waals surface area contributed by atoms with Crippen molar-refractivity contribution in [3.63, 3.8) is 0 Å². The van der Waals surface area contributed by atoms with E-state index in [1.54, 1.807) is 4.52 Å². The van der Waals surface area contributed by atoms with Crippen LogP contribution in [-0.2, 0) is 0 Å². The van der Waals surface area contributed by atoms with E-state index in [4.69, 9.17) is 5.10 Å². The van der Waals surface area contributed by atoms with Gasteiger partial charge in [0.15, 0.2) is 5.01 Å². The molecule has 0 amide bonds. The fraction of sp³-hybridized carbons (Fsp3) is 0. The van der Waals surface area contributed by atoms with Crippen molar-refractivity contribution in [2.45, 2.75) is 0 Å². The monoisotopic (exact) mass is 410 g/mol. The van der Waals surface area contributed by atoms with Crippen molar-refractivity contribution in [1.82, 2.24) is 40.2 Å². The number of nitrogens with zero attached hydrogens (tertiary/aromatic N) is 6. The highest BCUT2D eigenvalue weighted by Crippen LogP contribution is 2.29. The Labute approximate surface area is 174 Å². The van der Waals surface area contributed by atoms with Crippen molar-refractivity contribution < 1.29 is 0 Å². The molecular weight excluding hydrogens is 396 g/mol. The minimum Gasteiger partial charge on any atom is -0.275 e. The smallest absolute Gasteiger partial charge is 0.235 e. The number of nitrogens with one attached hydrogen (secondary N) is 2. The maximum atomic E-state index is 4.70. The molecule has 4 heterocycles. The van der Waals surface area contributed by atoms with Gasteiger partial charge in [-0.3, -0.25) is 10.2 Å². The lowest BCUT2D eigenvalue weighted by Gasteiger charge is -1.93. The van der Waals surface area contributed by atoms with Gasteiger partial charge < -0.3 is 0 Å². The Bertz CT molecular complexity index is 1440. The van der Waals surface area contributed by atoms with Gasteiger partial charge in [0.2, 0.25) is 10.8 Å². The van der Waals surface area contributed by atoms with E-state index in [2.05, 4.69) is 30.6 Å². The van der Waals surface area contributed by atoms with E-state index in [1.165, 1.54) is 11.3 Å². The first kappa shape index (κ1) is 16.8. The van der Waals surface area contributed by atoms with Gasteiger partial charge in [0.05, 0.1) is 17.1 Å². The fourth-order valence-corrected chi connectivity index (χ4v) is 4.08. The summed E-state index contributed by atoms with van der Waals surface area (Å²) >= 11 is 1.45. The first-order valence-electron chi connectivity index (χ1n) is 9.30. The summed E-state index contributed by atoms with van der Waals surface area (Å²) in [5, 5.41) is 29.0. The predicted molar refractivity (Wildman–Crippen MR) is 115 cm³/mol. The van der Waals surface area contributed by atoms with Crippen molar-refractivity contribution in [3.8, 4) is 44.7 Å². The highest BCUT2D eigenvalue weighted by Gasteiger charge is 2.18. The van der Waals surface area contributed by atoms with Crippen LogP contribution in [0.5, 0.6) is 0 Å². The minimum atomic E-state index is 0.616. The molecule has 30 heavy (non-hydrogen) atoms. The number of aromatic amines is 2. The third-order valence-electron chi connectivity index (χ3n) is 4.76. The van der Waals surface area contributed by atoms with E-state index >= 15 is 0 Å². The molecule has 4 aromatic heterocycles. The molecule has 9 heteroatoms. The molecule has 0 atom stereocenters. The second-order valence-electron chi connectivity index (χ2n) is 6.69. The van der Waals surface area contributed by atoms with Crippen LogP contribution in [0, 0.1) is 0 Å². The minimum absolute atomic E-state index is 0.616. The molecule has 0 radical (unpaired) electrons. The van der Waals surface area contributed by atoms with Crippen LogP contribution in [-0.4, -0.2) is 40.2 Å². The van der Waals surface area contributed by atoms with Crippen LogP contribution in [0.2, 0.25) is 0 Å². The second-order valence-corrected chi connectivity index (χ2v) is 7.65. The molecule has 0 unspecified atom stereocenters. The number of hydrogen-bond donors (Lipinski definition) is 2. The average Bonchev–Trinajstić information content (AvgIpc) is 3.58. The van der Waals surface area contributed by atoms with Gasteiger partial charge in [0.25, 0.3) is 0 Å². The number of hydrogen-bond acceptors (Lipinski definition) is 6. The number of aromatic nitrogens is 8. The topological polar surface area (TPSA) is 100 Å². The largest absolute Gasteiger partial charge is 0.275 e. The summed E-state index contributed by atoms with van der Waals surface area (Å²) in [6.07, 6.45) is 0. The van der Waals surface area contributed by atoms with E-state index in [0.717, 1.165) is 38.9 Å². The molecule has 144 valence electrons. The highest BCUT2D eigenvalue weighted by molar-refractivity contribution is 7.19. The standard InChI is InChI=1S/C21H14N8S/c1-3-7-13(8-4-1)15-11-17(24-22-15)19-26-27-21-29(19)28-20(30-21)18-12-16(23-25-18)14-9-5-2-6-10-14/h1-12H,(H,22,24)(H,23,25). The lowest BCUT2D eigenvalue weighted by Crippen LogP contribution is -1.91. The summed E-state index contributed by atoms with van der Waals surface area (Å²) in [5.41, 5.74) is 5.40. The summed E-state index contributed by atoms with van der Waals surface area (Å²) in [6, 6.07) is 24.0. The van der Waals surface area contributed by atoms with Crippen molar-refractivity contribution in [3.05, 3.63) is 72.8 Å². The summed E-state index contributed by atoms with van der Waals surface area (Å²) in [5.74, 6) is 0.616. The Hall–Kier alpha value is -4.11. The Balaban J connectivity index is 1.36. The zero-order valence-electron chi connectivity index (χ0n) is 15.5. The second kappa shape index (κ2) is 6.75. The molecule has 0 aliphatic rings. The molecule has 6 aromatic rings. The number of fused-ring (bicyclic) bond motifs is 1. The zero-order chi connectivity index (χ0) is 19.9. The average molecular weight is 410 g/mol. The molecule has 0 spiro atoms. The number of rotatable bonds is 4. The van der Waals surface area contributed by atoms with Crippen LogP contribution in [0.1, 0.15) is 0 Å². The summed E-state index contributed by atoms with van der Waals surface area (Å²) < 4.78 is 1.73. The zero-order valence-corrected chi connectivity index (χ0v) is 16.3. The maximum Gasteiger partial charge on any atom is 0.235 e. The SMILES string of the molecule is c1ccc(-c2cc(-c3nn4c(-c5cc(-c6ccccc6)n[nH]5)nnc4s3)[nH]n2)cc1. The molecule has 0 fully saturated rings. The van der Waals surface area contributed by atoms with E-state index in [0.29, 0.717) is 10.8 Å². The molecule has 2 N–H and O–H groups in total. The fourth-order valence-electron chi connectivity index (χ4n) is 3.27. The summed E-state index contributed by atoms with van der Waals surface area (Å²) in [7, 11) is 0. The van der Waals surface area contributed by atoms with Gasteiger partial charge in [-0.2, -0.15) is 19.8 Å². The first-order chi connectivity index (χ1) is 14.8. The van der Waals surface area contributed by atoms with Crippen molar-refractivity contribution in [2.24, 2.45) is 0 Å². The summed E-state index contributed by atoms with van der Waals surface area (Å²) in [4.78, 5) is 0.701. The predicted octanol–water partition coefficient (Wildman–Crippen LogP) is 4.30. The van der Waals surface area contributed by atoms with E-state index in [9.17, 15) is 0 Å². The number of H-pyrrole nitrogens is 2. The highest BCUT2D eigenvalue weighted by atomic mass is 32.1. The van der Waals surface area contributed by atoms with E-state index < -0.39 is 0 Å². The van der Waals surface area contributed by atoms with E-state index in [1.807, 2.05) is 72.8 Å². The Morgan fingerprint density at radius 2 is 1.30 bits per heavy atom. The van der Waals surface area contributed by atoms with Gasteiger partial charge in [-0.05, 0) is 12.1 Å². The van der Waals surface area contributed by atoms with Gasteiger partial charge in [0, 0.05) is 11.1 Å². The molecule has 0 aliphatic carbocycles. The van der Waals surface area contributed by atoms with Gasteiger partial charge >= 0.3 is 0 Å². The maximum absolute atomic E-state index is 4.70. The molecular formula is C21H14N8S. The quantitative estimate of drug-likeness (QED) is 0.451. The van der Waals surface area contributed by atoms with Gasteiger partial charge in [0.1, 0.15) is 5.69 Å². The van der Waals surface area contributed by atoms with Crippen LogP contribution in [0.25, 0.3) is 49.7 Å². The summed E-state index contributed by atoms with van der Waals surface area (Å²) in [6.45, 7) is 0. The van der Waals surface area contributed by atoms with Crippen LogP contribution in [0.4, 0.5) is 0 Å². The molecule has 0 aliphatic heterocycles. The van der Waals surface area contributed by atoms with Crippen LogP contribution in [0.15, 0.2) is 72.8 Å².